The van der Waals surface area contributed by atoms with Crippen molar-refractivity contribution in [2.24, 2.45) is 5.92 Å². The van der Waals surface area contributed by atoms with E-state index in [1.54, 1.807) is 31.4 Å². The first-order chi connectivity index (χ1) is 27.2. The van der Waals surface area contributed by atoms with Crippen molar-refractivity contribution >= 4 is 45.9 Å². The van der Waals surface area contributed by atoms with Gasteiger partial charge in [0.25, 0.3) is 0 Å². The number of methoxy groups -OCH3 is 2. The summed E-state index contributed by atoms with van der Waals surface area (Å²) < 4.78 is 20.1. The zero-order valence-corrected chi connectivity index (χ0v) is 38.7. The number of hydrogen-bond acceptors (Lipinski definition) is 7. The number of nitrogens with zero attached hydrogens (tertiary/aromatic N) is 3. The minimum atomic E-state index is -0.839. The molecular formula is C48H61ClN3O5Ru. The van der Waals surface area contributed by atoms with Crippen LogP contribution in [0.4, 0.5) is 17.1 Å². The standard InChI is InChI=1S/C27H39N2.C21H21NO5.ClH.Ru/c1-18(2)22-11-9-12-23(19(3)4)26(22)28-15-16-29(17-28)27-24(20(5)6)13-10-14-25(27)21(7)8;1-12(2)18-21(24)22(16-8-6-7-13(3)19(16)27-18)20(23)15-10-9-14(25-4)11-17(15)26-5;;/h9-14,17-21H,15-16H2,1-8H3;3,6-12,18H,1-2,4-5H3;1H;. The van der Waals surface area contributed by atoms with Crippen LogP contribution in [0, 0.1) is 5.92 Å². The molecule has 0 bridgehead atoms. The molecule has 4 aromatic rings. The first-order valence-corrected chi connectivity index (χ1v) is 22.3. The molecule has 6 rings (SSSR count). The van der Waals surface area contributed by atoms with Gasteiger partial charge in [0.2, 0.25) is 0 Å². The third-order valence-corrected chi connectivity index (χ3v) is 13.5. The number of para-hydroxylation sites is 3. The van der Waals surface area contributed by atoms with E-state index in [0.29, 0.717) is 46.6 Å². The van der Waals surface area contributed by atoms with Gasteiger partial charge >= 0.3 is 349 Å². The van der Waals surface area contributed by atoms with Crippen LogP contribution in [0.3, 0.4) is 0 Å². The molecule has 0 aromatic heterocycles. The third-order valence-electron chi connectivity index (χ3n) is 11.0. The Labute approximate surface area is 359 Å². The van der Waals surface area contributed by atoms with E-state index >= 15 is 0 Å². The van der Waals surface area contributed by atoms with Gasteiger partial charge in [-0.1, -0.05) is 0 Å². The molecule has 1 saturated heterocycles. The fourth-order valence-electron chi connectivity index (χ4n) is 8.03. The number of rotatable bonds is 12. The molecule has 1 fully saturated rings. The molecule has 1 unspecified atom stereocenters. The van der Waals surface area contributed by atoms with Crippen LogP contribution >= 0.6 is 12.4 Å². The molecule has 2 amide bonds. The maximum absolute atomic E-state index is 14.5. The fourth-order valence-corrected chi connectivity index (χ4v) is 10.5. The van der Waals surface area contributed by atoms with Crippen molar-refractivity contribution in [2.75, 3.05) is 42.0 Å². The number of halogens is 1. The summed E-state index contributed by atoms with van der Waals surface area (Å²) in [5.74, 6) is 1.83. The first-order valence-electron chi connectivity index (χ1n) is 20.3. The predicted molar refractivity (Wildman–Crippen MR) is 237 cm³/mol. The number of carbonyl (C=O) groups is 2. The van der Waals surface area contributed by atoms with Crippen LogP contribution in [0.1, 0.15) is 131 Å². The zero-order valence-electron chi connectivity index (χ0n) is 36.1. The number of fused-ring (bicyclic) bond motifs is 1. The number of imide groups is 1. The van der Waals surface area contributed by atoms with Gasteiger partial charge in [-0.3, -0.25) is 0 Å². The van der Waals surface area contributed by atoms with E-state index in [1.807, 2.05) is 19.9 Å². The van der Waals surface area contributed by atoms with Crippen LogP contribution < -0.4 is 28.9 Å². The van der Waals surface area contributed by atoms with Crippen LogP contribution in [-0.4, -0.2) is 54.6 Å². The number of ether oxygens (including phenoxy) is 3. The summed E-state index contributed by atoms with van der Waals surface area (Å²) in [6.07, 6.45) is -0.839. The largest absolute Gasteiger partial charge is 0.147 e. The van der Waals surface area contributed by atoms with Crippen molar-refractivity contribution in [3.63, 3.8) is 0 Å². The SMILES string of the molecule is COc1ccc(C(=O)N2C(=O)C(C(C)C)Oc3c(/[CH]=[Ru]/[CH]4N(c5c(C(C)C)cccc5C(C)C)CCN4c4c(C(C)C)cccc4C(C)C)cccc32)c(OC)c1.Cl. The molecule has 0 radical (unpaired) electrons. The third kappa shape index (κ3) is 8.58. The fraction of sp³-hybridized carbons (Fsp3) is 0.438. The van der Waals surface area contributed by atoms with Crippen LogP contribution in [0.5, 0.6) is 17.2 Å². The maximum Gasteiger partial charge on any atom is -0.147 e. The number of anilines is 3. The van der Waals surface area contributed by atoms with E-state index in [9.17, 15) is 9.59 Å². The molecule has 0 aliphatic carbocycles. The molecule has 2 heterocycles. The van der Waals surface area contributed by atoms with E-state index in [4.69, 9.17) is 14.2 Å². The molecule has 58 heavy (non-hydrogen) atoms. The molecule has 8 nitrogen and oxygen atoms in total. The van der Waals surface area contributed by atoms with Gasteiger partial charge in [0.05, 0.1) is 0 Å². The number of amides is 2. The average Bonchev–Trinajstić information content (AvgIpc) is 3.61. The molecule has 2 aliphatic rings. The van der Waals surface area contributed by atoms with Crippen molar-refractivity contribution in [3.8, 4) is 17.2 Å². The Morgan fingerprint density at radius 2 is 1.22 bits per heavy atom. The summed E-state index contributed by atoms with van der Waals surface area (Å²) in [6.45, 7) is 24.1. The van der Waals surface area contributed by atoms with Gasteiger partial charge in [0, 0.05) is 0 Å². The van der Waals surface area contributed by atoms with Crippen molar-refractivity contribution in [3.05, 3.63) is 106 Å². The predicted octanol–water partition coefficient (Wildman–Crippen LogP) is 10.8. The zero-order chi connectivity index (χ0) is 41.3. The Bertz CT molecular complexity index is 2020. The first kappa shape index (κ1) is 44.9. The molecule has 10 heteroatoms. The van der Waals surface area contributed by atoms with Crippen LogP contribution in [-0.2, 0) is 21.5 Å². The molecule has 1 atom stereocenters. The van der Waals surface area contributed by atoms with Gasteiger partial charge in [-0.25, -0.2) is 0 Å². The van der Waals surface area contributed by atoms with E-state index < -0.39 is 34.6 Å². The van der Waals surface area contributed by atoms with Crippen LogP contribution in [0.25, 0.3) is 0 Å². The summed E-state index contributed by atoms with van der Waals surface area (Å²) in [5, 5.41) is 0. The second-order valence-corrected chi connectivity index (χ2v) is 18.6. The van der Waals surface area contributed by atoms with E-state index in [2.05, 4.69) is 112 Å². The van der Waals surface area contributed by atoms with Crippen molar-refractivity contribution in [1.82, 2.24) is 0 Å². The molecular weight excluding hydrogens is 835 g/mol. The number of benzene rings is 4. The second-order valence-electron chi connectivity index (χ2n) is 16.6. The Morgan fingerprint density at radius 1 is 0.724 bits per heavy atom. The maximum atomic E-state index is 14.5. The van der Waals surface area contributed by atoms with Crippen molar-refractivity contribution in [2.45, 2.75) is 104 Å². The summed E-state index contributed by atoms with van der Waals surface area (Å²) in [7, 11) is 3.07. The summed E-state index contributed by atoms with van der Waals surface area (Å²) >= 11 is -0.485. The summed E-state index contributed by atoms with van der Waals surface area (Å²) in [4.78, 5) is 35.3. The van der Waals surface area contributed by atoms with Gasteiger partial charge in [0.1, 0.15) is 0 Å². The number of carbonyl (C=O) groups excluding carboxylic acids is 2. The van der Waals surface area contributed by atoms with Gasteiger partial charge < -0.3 is 0 Å². The smallest absolute Gasteiger partial charge is 0.147 e. The summed E-state index contributed by atoms with van der Waals surface area (Å²) in [6, 6.07) is 24.5. The van der Waals surface area contributed by atoms with Gasteiger partial charge in [-0.15, -0.1) is 12.4 Å². The Morgan fingerprint density at radius 3 is 1.67 bits per heavy atom. The van der Waals surface area contributed by atoms with Gasteiger partial charge in [0.15, 0.2) is 0 Å². The molecule has 0 saturated carbocycles. The second kappa shape index (κ2) is 18.8. The quantitative estimate of drug-likeness (QED) is 0.104. The summed E-state index contributed by atoms with van der Waals surface area (Å²) in [5.41, 5.74) is 9.79. The minimum absolute atomic E-state index is 0. The molecule has 0 N–H and O–H groups in total. The topological polar surface area (TPSA) is 71.6 Å². The van der Waals surface area contributed by atoms with Crippen LogP contribution in [0.2, 0.25) is 0 Å². The van der Waals surface area contributed by atoms with Gasteiger partial charge in [-0.05, 0) is 0 Å². The molecule has 313 valence electrons. The molecule has 0 spiro atoms. The Hall–Kier alpha value is -4.20. The Kier molecular flexibility index (Phi) is 14.6. The van der Waals surface area contributed by atoms with E-state index in [0.717, 1.165) is 18.7 Å². The average molecular weight is 897 g/mol. The van der Waals surface area contributed by atoms with E-state index in [1.165, 1.54) is 45.6 Å². The normalized spacial score (nSPS) is 16.1. The molecule has 2 aliphatic heterocycles. The van der Waals surface area contributed by atoms with E-state index in [-0.39, 0.29) is 28.6 Å². The van der Waals surface area contributed by atoms with Crippen LogP contribution in [0.15, 0.2) is 72.8 Å². The monoisotopic (exact) mass is 896 g/mol. The molecule has 4 aromatic carbocycles. The van der Waals surface area contributed by atoms with Crippen molar-refractivity contribution in [1.29, 1.82) is 0 Å². The number of hydrogen-bond donors (Lipinski definition) is 0. The van der Waals surface area contributed by atoms with Gasteiger partial charge in [-0.2, -0.15) is 0 Å². The van der Waals surface area contributed by atoms with Crippen molar-refractivity contribution < 1.29 is 40.5 Å². The Balaban J connectivity index is 0.00000641. The minimum Gasteiger partial charge on any atom is -0.147 e.